The normalized spacial score (nSPS) is 13.5. The quantitative estimate of drug-likeness (QED) is 0.389. The second-order valence-corrected chi connectivity index (χ2v) is 7.36. The van der Waals surface area contributed by atoms with Crippen molar-refractivity contribution in [1.82, 2.24) is 0 Å². The second kappa shape index (κ2) is 4.48. The van der Waals surface area contributed by atoms with Gasteiger partial charge in [0, 0.05) is 17.5 Å². The third-order valence-corrected chi connectivity index (χ3v) is 6.06. The van der Waals surface area contributed by atoms with Crippen LogP contribution in [-0.2, 0) is 9.84 Å². The molecule has 15 heavy (non-hydrogen) atoms. The summed E-state index contributed by atoms with van der Waals surface area (Å²) in [5.74, 6) is -0.439. The van der Waals surface area contributed by atoms with E-state index in [0.29, 0.717) is 11.3 Å². The predicted molar refractivity (Wildman–Crippen MR) is 67.8 cm³/mol. The van der Waals surface area contributed by atoms with E-state index in [9.17, 15) is 13.2 Å². The summed E-state index contributed by atoms with van der Waals surface area (Å²) in [5.41, 5.74) is 6.26. The molecular formula is C9H10INO3S. The van der Waals surface area contributed by atoms with E-state index in [0.717, 1.165) is 6.26 Å². The third kappa shape index (κ3) is 3.16. The number of benzene rings is 1. The van der Waals surface area contributed by atoms with Crippen LogP contribution in [0.3, 0.4) is 0 Å². The van der Waals surface area contributed by atoms with E-state index in [4.69, 9.17) is 5.73 Å². The summed E-state index contributed by atoms with van der Waals surface area (Å²) in [6.07, 6.45) is 1.04. The number of halogens is 1. The van der Waals surface area contributed by atoms with Gasteiger partial charge in [-0.3, -0.25) is 4.79 Å². The van der Waals surface area contributed by atoms with Gasteiger partial charge in [-0.2, -0.15) is 0 Å². The van der Waals surface area contributed by atoms with Gasteiger partial charge in [-0.1, -0.05) is 34.7 Å². The van der Waals surface area contributed by atoms with Crippen LogP contribution >= 0.6 is 22.6 Å². The number of hydrogen-bond donors (Lipinski definition) is 1. The van der Waals surface area contributed by atoms with Crippen LogP contribution in [0.25, 0.3) is 0 Å². The summed E-state index contributed by atoms with van der Waals surface area (Å²) in [6.45, 7) is 0. The molecule has 82 valence electrons. The molecule has 0 radical (unpaired) electrons. The topological polar surface area (TPSA) is 77.2 Å². The van der Waals surface area contributed by atoms with Crippen molar-refractivity contribution in [2.24, 2.45) is 0 Å². The van der Waals surface area contributed by atoms with Gasteiger partial charge in [-0.05, 0) is 12.1 Å². The van der Waals surface area contributed by atoms with Gasteiger partial charge >= 0.3 is 0 Å². The average Bonchev–Trinajstić information content (AvgIpc) is 2.14. The number of alkyl halides is 1. The van der Waals surface area contributed by atoms with Gasteiger partial charge in [-0.25, -0.2) is 8.42 Å². The highest BCUT2D eigenvalue weighted by Gasteiger charge is 2.26. The minimum atomic E-state index is -3.37. The highest BCUT2D eigenvalue weighted by atomic mass is 127. The lowest BCUT2D eigenvalue weighted by atomic mass is 10.1. The Balaban J connectivity index is 3.06. The van der Waals surface area contributed by atoms with Gasteiger partial charge in [0.1, 0.15) is 0 Å². The lowest BCUT2D eigenvalue weighted by molar-refractivity contribution is 0.101. The van der Waals surface area contributed by atoms with Crippen molar-refractivity contribution in [3.8, 4) is 0 Å². The van der Waals surface area contributed by atoms with Crippen LogP contribution in [0.2, 0.25) is 0 Å². The van der Waals surface area contributed by atoms with Crippen molar-refractivity contribution >= 4 is 43.9 Å². The number of Topliss-reactive ketones (excluding diaryl/α,β-unsaturated/α-hetero) is 1. The van der Waals surface area contributed by atoms with Crippen LogP contribution in [0.15, 0.2) is 24.3 Å². The van der Waals surface area contributed by atoms with Crippen molar-refractivity contribution in [2.45, 2.75) is 3.26 Å². The Morgan fingerprint density at radius 2 is 2.07 bits per heavy atom. The van der Waals surface area contributed by atoms with Gasteiger partial charge in [0.2, 0.25) is 0 Å². The Morgan fingerprint density at radius 3 is 2.53 bits per heavy atom. The largest absolute Gasteiger partial charge is 0.399 e. The monoisotopic (exact) mass is 339 g/mol. The van der Waals surface area contributed by atoms with E-state index in [1.54, 1.807) is 40.8 Å². The van der Waals surface area contributed by atoms with Crippen molar-refractivity contribution in [2.75, 3.05) is 12.0 Å². The zero-order valence-corrected chi connectivity index (χ0v) is 10.9. The highest BCUT2D eigenvalue weighted by molar-refractivity contribution is 14.1. The summed E-state index contributed by atoms with van der Waals surface area (Å²) in [4.78, 5) is 11.7. The number of rotatable bonds is 3. The number of carbonyl (C=O) groups is 1. The minimum absolute atomic E-state index is 0.319. The smallest absolute Gasteiger partial charge is 0.190 e. The van der Waals surface area contributed by atoms with Crippen LogP contribution in [0, 0.1) is 0 Å². The summed E-state index contributed by atoms with van der Waals surface area (Å²) < 4.78 is 21.3. The lowest BCUT2D eigenvalue weighted by Crippen LogP contribution is -2.23. The Kier molecular flexibility index (Phi) is 3.72. The Morgan fingerprint density at radius 1 is 1.47 bits per heavy atom. The molecule has 2 N–H and O–H groups in total. The van der Waals surface area contributed by atoms with Gasteiger partial charge < -0.3 is 5.73 Å². The Labute approximate surface area is 102 Å². The van der Waals surface area contributed by atoms with E-state index in [1.165, 1.54) is 6.07 Å². The van der Waals surface area contributed by atoms with E-state index in [2.05, 4.69) is 0 Å². The number of ketones is 1. The maximum atomic E-state index is 11.7. The number of hydrogen-bond acceptors (Lipinski definition) is 4. The lowest BCUT2D eigenvalue weighted by Gasteiger charge is -2.06. The number of nitrogens with two attached hydrogens (primary N) is 1. The summed E-state index contributed by atoms with van der Waals surface area (Å²) in [7, 11) is -3.37. The van der Waals surface area contributed by atoms with Gasteiger partial charge in [0.05, 0.1) is 0 Å². The molecule has 0 heterocycles. The predicted octanol–water partition coefficient (Wildman–Crippen LogP) is 1.26. The fraction of sp³-hybridized carbons (Fsp3) is 0.222. The second-order valence-electron chi connectivity index (χ2n) is 3.14. The standard InChI is InChI=1S/C9H10INO3S/c1-15(13,14)9(10)8(12)6-3-2-4-7(11)5-6/h2-5,9H,11H2,1H3/t9-/m1/s1. The molecule has 0 unspecified atom stereocenters. The van der Waals surface area contributed by atoms with Crippen LogP contribution in [0.5, 0.6) is 0 Å². The molecule has 0 saturated heterocycles. The molecule has 0 spiro atoms. The summed E-state index contributed by atoms with van der Waals surface area (Å²) >= 11 is 1.61. The first-order valence-electron chi connectivity index (χ1n) is 4.05. The average molecular weight is 339 g/mol. The molecule has 1 aromatic rings. The molecule has 4 nitrogen and oxygen atoms in total. The Hall–Kier alpha value is -0.630. The number of carbonyl (C=O) groups excluding carboxylic acids is 1. The fourth-order valence-corrected chi connectivity index (χ4v) is 1.90. The van der Waals surface area contributed by atoms with Gasteiger partial charge in [0.25, 0.3) is 0 Å². The van der Waals surface area contributed by atoms with Crippen LogP contribution < -0.4 is 5.73 Å². The third-order valence-electron chi connectivity index (χ3n) is 1.75. The summed E-state index contributed by atoms with van der Waals surface area (Å²) in [6, 6.07) is 6.28. The van der Waals surface area contributed by atoms with Crippen molar-refractivity contribution in [1.29, 1.82) is 0 Å². The molecule has 1 rings (SSSR count). The molecule has 1 aromatic carbocycles. The van der Waals surface area contributed by atoms with Gasteiger partial charge in [-0.15, -0.1) is 0 Å². The minimum Gasteiger partial charge on any atom is -0.399 e. The molecule has 0 aliphatic carbocycles. The van der Waals surface area contributed by atoms with Crippen molar-refractivity contribution in [3.05, 3.63) is 29.8 Å². The molecule has 0 aliphatic rings. The SMILES string of the molecule is CS(=O)(=O)[C@@H](I)C(=O)c1cccc(N)c1. The molecular weight excluding hydrogens is 329 g/mol. The molecule has 0 saturated carbocycles. The number of anilines is 1. The first kappa shape index (κ1) is 12.4. The van der Waals surface area contributed by atoms with Crippen molar-refractivity contribution < 1.29 is 13.2 Å². The molecule has 0 aromatic heterocycles. The fourth-order valence-electron chi connectivity index (χ4n) is 1.02. The molecule has 1 atom stereocenters. The zero-order chi connectivity index (χ0) is 11.6. The first-order chi connectivity index (χ1) is 6.82. The van der Waals surface area contributed by atoms with Gasteiger partial charge in [0.15, 0.2) is 18.9 Å². The molecule has 0 fully saturated rings. The molecule has 6 heteroatoms. The maximum Gasteiger partial charge on any atom is 0.190 e. The van der Waals surface area contributed by atoms with E-state index >= 15 is 0 Å². The maximum absolute atomic E-state index is 11.7. The zero-order valence-electron chi connectivity index (χ0n) is 7.98. The molecule has 0 amide bonds. The van der Waals surface area contributed by atoms with Crippen LogP contribution in [0.1, 0.15) is 10.4 Å². The molecule has 0 aliphatic heterocycles. The Bertz CT molecular complexity index is 484. The first-order valence-corrected chi connectivity index (χ1v) is 7.25. The van der Waals surface area contributed by atoms with Crippen LogP contribution in [-0.4, -0.2) is 23.7 Å². The van der Waals surface area contributed by atoms with E-state index < -0.39 is 18.9 Å². The summed E-state index contributed by atoms with van der Waals surface area (Å²) in [5, 5.41) is 0. The number of nitrogen functional groups attached to an aromatic ring is 1. The van der Waals surface area contributed by atoms with Crippen molar-refractivity contribution in [3.63, 3.8) is 0 Å². The van der Waals surface area contributed by atoms with Crippen LogP contribution in [0.4, 0.5) is 5.69 Å². The highest BCUT2D eigenvalue weighted by Crippen LogP contribution is 2.17. The van der Waals surface area contributed by atoms with E-state index in [-0.39, 0.29) is 0 Å². The number of sulfone groups is 1. The molecule has 0 bridgehead atoms. The van der Waals surface area contributed by atoms with E-state index in [1.807, 2.05) is 0 Å².